The summed E-state index contributed by atoms with van der Waals surface area (Å²) in [5.74, 6) is 1.44. The summed E-state index contributed by atoms with van der Waals surface area (Å²) in [4.78, 5) is 18.4. The van der Waals surface area contributed by atoms with Crippen molar-refractivity contribution < 1.29 is 33.2 Å². The van der Waals surface area contributed by atoms with Crippen LogP contribution in [0.1, 0.15) is 28.7 Å². The molecular weight excluding hydrogens is 628 g/mol. The highest BCUT2D eigenvalue weighted by Gasteiger charge is 2.52. The Morgan fingerprint density at radius 3 is 2.33 bits per heavy atom. The van der Waals surface area contributed by atoms with E-state index >= 15 is 0 Å². The van der Waals surface area contributed by atoms with Crippen LogP contribution >= 0.6 is 22.9 Å². The average molecular weight is 657 g/mol. The van der Waals surface area contributed by atoms with Crippen LogP contribution in [0.3, 0.4) is 0 Å². The number of benzene rings is 4. The third kappa shape index (κ3) is 4.58. The number of nitrogens with zero attached hydrogens (tertiary/aromatic N) is 1. The lowest BCUT2D eigenvalue weighted by Crippen LogP contribution is -2.37. The number of rotatable bonds is 7. The molecule has 4 atom stereocenters. The topological polar surface area (TPSA) is 97.4 Å². The Bertz CT molecular complexity index is 1950. The molecule has 1 aromatic heterocycles. The van der Waals surface area contributed by atoms with Gasteiger partial charge in [-0.05, 0) is 71.3 Å². The molecule has 0 unspecified atom stereocenters. The molecule has 1 N–H and O–H groups in total. The first kappa shape index (κ1) is 28.8. The zero-order valence-electron chi connectivity index (χ0n) is 25.2. The van der Waals surface area contributed by atoms with Crippen LogP contribution in [0, 0.1) is 11.8 Å². The van der Waals surface area contributed by atoms with Gasteiger partial charge < -0.3 is 33.7 Å². The minimum atomic E-state index is -0.495. The van der Waals surface area contributed by atoms with Gasteiger partial charge in [0.2, 0.25) is 12.5 Å². The number of esters is 1. The maximum absolute atomic E-state index is 13.6. The first-order valence-corrected chi connectivity index (χ1v) is 16.0. The van der Waals surface area contributed by atoms with Gasteiger partial charge in [-0.3, -0.25) is 4.79 Å². The average Bonchev–Trinajstić information content (AvgIpc) is 3.81. The van der Waals surface area contributed by atoms with Crippen molar-refractivity contribution in [2.45, 2.75) is 12.0 Å². The summed E-state index contributed by atoms with van der Waals surface area (Å²) in [6.07, 6.45) is 0. The zero-order chi connectivity index (χ0) is 31.5. The number of fused-ring (bicyclic) bond motifs is 4. The highest BCUT2D eigenvalue weighted by Crippen LogP contribution is 2.56. The molecule has 0 amide bonds. The van der Waals surface area contributed by atoms with E-state index in [1.165, 1.54) is 0 Å². The van der Waals surface area contributed by atoms with Gasteiger partial charge >= 0.3 is 5.97 Å². The lowest BCUT2D eigenvalue weighted by atomic mass is 9.65. The number of hydrogen-bond donors (Lipinski definition) is 1. The van der Waals surface area contributed by atoms with Crippen molar-refractivity contribution in [2.24, 2.45) is 11.8 Å². The number of nitrogens with one attached hydrogen (secondary N) is 1. The molecule has 5 aromatic rings. The molecule has 4 aromatic carbocycles. The number of aromatic nitrogens is 1. The van der Waals surface area contributed by atoms with E-state index in [1.807, 2.05) is 60.7 Å². The van der Waals surface area contributed by atoms with Gasteiger partial charge in [-0.1, -0.05) is 23.7 Å². The number of carbonyl (C=O) groups is 1. The van der Waals surface area contributed by atoms with Gasteiger partial charge in [-0.2, -0.15) is 0 Å². The van der Waals surface area contributed by atoms with Crippen LogP contribution in [0.5, 0.6) is 28.7 Å². The summed E-state index contributed by atoms with van der Waals surface area (Å²) in [7, 11) is 4.72. The first-order chi connectivity index (χ1) is 22.5. The highest BCUT2D eigenvalue weighted by molar-refractivity contribution is 7.21. The molecule has 8 rings (SSSR count). The summed E-state index contributed by atoms with van der Waals surface area (Å²) in [5.41, 5.74) is 5.36. The van der Waals surface area contributed by atoms with Crippen molar-refractivity contribution in [2.75, 3.05) is 40.0 Å². The molecular formula is C35H29ClN2O7S. The van der Waals surface area contributed by atoms with Crippen molar-refractivity contribution in [1.29, 1.82) is 0 Å². The zero-order valence-corrected chi connectivity index (χ0v) is 26.7. The smallest absolute Gasteiger partial charge is 0.310 e. The SMILES string of the molecule is COc1cc([C@@H]2c3cc4c(cc3[C@@H](Nc3ccc(-c5nc6ccccc6s5)c(Cl)c3)[C@H]3COC(=O)[C@H]23)OCO4)cc(OC)c1OC. The molecule has 0 saturated carbocycles. The van der Waals surface area contributed by atoms with Crippen LogP contribution in [0.15, 0.2) is 66.7 Å². The second-order valence-electron chi connectivity index (χ2n) is 11.4. The molecule has 11 heteroatoms. The molecule has 3 heterocycles. The second kappa shape index (κ2) is 11.3. The fourth-order valence-corrected chi connectivity index (χ4v) is 8.31. The first-order valence-electron chi connectivity index (χ1n) is 14.8. The maximum atomic E-state index is 13.6. The highest BCUT2D eigenvalue weighted by atomic mass is 35.5. The largest absolute Gasteiger partial charge is 0.493 e. The Labute approximate surface area is 273 Å². The van der Waals surface area contributed by atoms with Gasteiger partial charge in [0.05, 0.1) is 55.1 Å². The van der Waals surface area contributed by atoms with Gasteiger partial charge in [-0.15, -0.1) is 11.3 Å². The normalized spacial score (nSPS) is 21.0. The van der Waals surface area contributed by atoms with Crippen LogP contribution in [0.2, 0.25) is 5.02 Å². The quantitative estimate of drug-likeness (QED) is 0.179. The van der Waals surface area contributed by atoms with E-state index in [2.05, 4.69) is 11.4 Å². The third-order valence-corrected chi connectivity index (χ3v) is 10.4. The molecule has 0 spiro atoms. The Morgan fingerprint density at radius 1 is 0.891 bits per heavy atom. The molecule has 9 nitrogen and oxygen atoms in total. The molecule has 234 valence electrons. The summed E-state index contributed by atoms with van der Waals surface area (Å²) in [6, 6.07) is 21.4. The number of carbonyl (C=O) groups excluding carboxylic acids is 1. The van der Waals surface area contributed by atoms with E-state index in [9.17, 15) is 4.79 Å². The number of cyclic esters (lactones) is 1. The minimum absolute atomic E-state index is 0.128. The van der Waals surface area contributed by atoms with E-state index < -0.39 is 5.92 Å². The Balaban J connectivity index is 1.23. The molecule has 0 bridgehead atoms. The van der Waals surface area contributed by atoms with E-state index in [-0.39, 0.29) is 37.2 Å². The number of halogens is 1. The van der Waals surface area contributed by atoms with Crippen LogP contribution in [0.4, 0.5) is 5.69 Å². The number of hydrogen-bond acceptors (Lipinski definition) is 10. The number of para-hydroxylation sites is 1. The summed E-state index contributed by atoms with van der Waals surface area (Å²) >= 11 is 8.49. The van der Waals surface area contributed by atoms with Crippen molar-refractivity contribution in [3.63, 3.8) is 0 Å². The van der Waals surface area contributed by atoms with Crippen LogP contribution in [0.25, 0.3) is 20.8 Å². The lowest BCUT2D eigenvalue weighted by Gasteiger charge is -2.40. The number of methoxy groups -OCH3 is 3. The van der Waals surface area contributed by atoms with E-state index in [0.29, 0.717) is 33.8 Å². The van der Waals surface area contributed by atoms with Gasteiger partial charge in [0.25, 0.3) is 0 Å². The summed E-state index contributed by atoms with van der Waals surface area (Å²) in [6.45, 7) is 0.385. The van der Waals surface area contributed by atoms with Crippen LogP contribution in [-0.2, 0) is 9.53 Å². The molecule has 46 heavy (non-hydrogen) atoms. The fourth-order valence-electron chi connectivity index (χ4n) is 6.97. The minimum Gasteiger partial charge on any atom is -0.493 e. The number of thiazole rings is 1. The number of anilines is 1. The Kier molecular flexibility index (Phi) is 7.06. The van der Waals surface area contributed by atoms with E-state index in [0.717, 1.165) is 43.2 Å². The van der Waals surface area contributed by atoms with Crippen molar-refractivity contribution in [3.05, 3.63) is 88.4 Å². The van der Waals surface area contributed by atoms with Gasteiger partial charge in [0.1, 0.15) is 5.01 Å². The molecule has 1 aliphatic carbocycles. The van der Waals surface area contributed by atoms with Crippen molar-refractivity contribution in [3.8, 4) is 39.3 Å². The Morgan fingerprint density at radius 2 is 1.63 bits per heavy atom. The standard InChI is InChI=1S/C35H29ClN2O7S/c1-40-27-10-17(11-28(41-2)33(27)42-3)30-20-13-25-26(45-16-44-25)14-21(20)32(22-15-43-35(39)31(22)30)37-18-8-9-19(23(36)12-18)34-38-24-6-4-5-7-29(24)46-34/h4-14,22,30-32,37H,15-16H2,1-3H3/t22-,30+,31-,32+/m0/s1. The Hall–Kier alpha value is -4.67. The molecule has 2 aliphatic heterocycles. The monoisotopic (exact) mass is 656 g/mol. The van der Waals surface area contributed by atoms with Crippen molar-refractivity contribution in [1.82, 2.24) is 4.98 Å². The molecule has 0 radical (unpaired) electrons. The molecule has 1 saturated heterocycles. The van der Waals surface area contributed by atoms with E-state index in [1.54, 1.807) is 32.7 Å². The van der Waals surface area contributed by atoms with Gasteiger partial charge in [0.15, 0.2) is 23.0 Å². The predicted octanol–water partition coefficient (Wildman–Crippen LogP) is 7.46. The van der Waals surface area contributed by atoms with Gasteiger partial charge in [0, 0.05) is 23.1 Å². The fraction of sp³-hybridized carbons (Fsp3) is 0.257. The summed E-state index contributed by atoms with van der Waals surface area (Å²) < 4.78 is 35.5. The lowest BCUT2D eigenvalue weighted by molar-refractivity contribution is -0.141. The van der Waals surface area contributed by atoms with Crippen LogP contribution in [-0.4, -0.2) is 45.7 Å². The third-order valence-electron chi connectivity index (χ3n) is 9.05. The van der Waals surface area contributed by atoms with Gasteiger partial charge in [-0.25, -0.2) is 4.98 Å². The van der Waals surface area contributed by atoms with Crippen LogP contribution < -0.4 is 29.0 Å². The van der Waals surface area contributed by atoms with E-state index in [4.69, 9.17) is 45.0 Å². The van der Waals surface area contributed by atoms with Crippen molar-refractivity contribution >= 4 is 44.8 Å². The maximum Gasteiger partial charge on any atom is 0.310 e. The summed E-state index contributed by atoms with van der Waals surface area (Å²) in [5, 5.41) is 5.14. The number of ether oxygens (including phenoxy) is 6. The molecule has 1 fully saturated rings. The molecule has 3 aliphatic rings. The predicted molar refractivity (Wildman–Crippen MR) is 175 cm³/mol. The second-order valence-corrected chi connectivity index (χ2v) is 12.8.